The third kappa shape index (κ3) is 9.68. The number of guanidine groups is 1. The molecule has 0 radical (unpaired) electrons. The summed E-state index contributed by atoms with van der Waals surface area (Å²) in [7, 11) is 0. The van der Waals surface area contributed by atoms with Crippen LogP contribution in [0.2, 0.25) is 0 Å². The molecule has 2 fully saturated rings. The van der Waals surface area contributed by atoms with Crippen molar-refractivity contribution < 1.29 is 9.53 Å². The number of likely N-dealkylation sites (N-methyl/N-ethyl adjacent to an activating group) is 1. The van der Waals surface area contributed by atoms with E-state index in [-0.39, 0.29) is 36.5 Å². The summed E-state index contributed by atoms with van der Waals surface area (Å²) in [6.45, 7) is 8.38. The van der Waals surface area contributed by atoms with Gasteiger partial charge in [0.1, 0.15) is 5.75 Å². The molecule has 33 heavy (non-hydrogen) atoms. The van der Waals surface area contributed by atoms with Crippen LogP contribution < -0.4 is 20.7 Å². The Kier molecular flexibility index (Phi) is 12.9. The summed E-state index contributed by atoms with van der Waals surface area (Å²) >= 11 is 0. The molecule has 1 atom stereocenters. The fourth-order valence-electron chi connectivity index (χ4n) is 4.72. The van der Waals surface area contributed by atoms with Crippen molar-refractivity contribution in [3.63, 3.8) is 0 Å². The van der Waals surface area contributed by atoms with Gasteiger partial charge in [0.15, 0.2) is 12.6 Å². The van der Waals surface area contributed by atoms with Gasteiger partial charge in [-0.3, -0.25) is 9.69 Å². The number of hydrogen-bond acceptors (Lipinski definition) is 4. The highest BCUT2D eigenvalue weighted by Gasteiger charge is 2.27. The van der Waals surface area contributed by atoms with Crippen LogP contribution >= 0.6 is 24.0 Å². The highest BCUT2D eigenvalue weighted by molar-refractivity contribution is 14.0. The second-order valence-corrected chi connectivity index (χ2v) is 8.86. The van der Waals surface area contributed by atoms with E-state index in [1.165, 1.54) is 51.5 Å². The molecule has 1 unspecified atom stereocenters. The van der Waals surface area contributed by atoms with Crippen molar-refractivity contribution >= 4 is 35.8 Å². The molecule has 1 aromatic carbocycles. The minimum absolute atomic E-state index is 0. The monoisotopic (exact) mass is 571 g/mol. The maximum absolute atomic E-state index is 11.6. The number of nitrogens with zero attached hydrogens (tertiary/aromatic N) is 2. The fraction of sp³-hybridized carbons (Fsp3) is 0.680. The molecule has 1 aliphatic carbocycles. The number of rotatable bonds is 9. The van der Waals surface area contributed by atoms with Crippen molar-refractivity contribution in [2.45, 2.75) is 77.4 Å². The number of hydrogen-bond donors (Lipinski definition) is 3. The van der Waals surface area contributed by atoms with Crippen LogP contribution in [0.3, 0.4) is 0 Å². The first-order chi connectivity index (χ1) is 15.7. The van der Waals surface area contributed by atoms with Crippen LogP contribution in [0.5, 0.6) is 5.75 Å². The number of halogens is 1. The largest absolute Gasteiger partial charge is 0.484 e. The van der Waals surface area contributed by atoms with E-state index in [2.05, 4.69) is 27.8 Å². The maximum atomic E-state index is 11.6. The molecule has 186 valence electrons. The second kappa shape index (κ2) is 15.4. The van der Waals surface area contributed by atoms with E-state index in [0.29, 0.717) is 24.9 Å². The molecule has 2 aliphatic rings. The topological polar surface area (TPSA) is 78.0 Å². The van der Waals surface area contributed by atoms with Gasteiger partial charge < -0.3 is 20.7 Å². The number of carbonyl (C=O) groups excluding carboxylic acids is 1. The molecule has 0 aromatic heterocycles. The van der Waals surface area contributed by atoms with Crippen molar-refractivity contribution in [1.29, 1.82) is 0 Å². The van der Waals surface area contributed by atoms with Gasteiger partial charge in [0.25, 0.3) is 5.91 Å². The van der Waals surface area contributed by atoms with Crippen molar-refractivity contribution in [2.24, 2.45) is 4.99 Å². The Hall–Kier alpha value is -1.55. The Labute approximate surface area is 216 Å². The first kappa shape index (κ1) is 27.7. The Morgan fingerprint density at radius 1 is 1.09 bits per heavy atom. The fourth-order valence-corrected chi connectivity index (χ4v) is 4.72. The number of benzene rings is 1. The quantitative estimate of drug-likeness (QED) is 0.240. The van der Waals surface area contributed by atoms with Crippen molar-refractivity contribution in [3.8, 4) is 5.75 Å². The smallest absolute Gasteiger partial charge is 0.257 e. The summed E-state index contributed by atoms with van der Waals surface area (Å²) in [6.07, 6.45) is 9.33. The van der Waals surface area contributed by atoms with E-state index in [0.717, 1.165) is 30.7 Å². The molecular weight excluding hydrogens is 529 g/mol. The minimum Gasteiger partial charge on any atom is -0.484 e. The van der Waals surface area contributed by atoms with Crippen molar-refractivity contribution in [3.05, 3.63) is 29.8 Å². The molecule has 3 N–H and O–H groups in total. The standard InChI is InChI=1S/C25H41N5O2.HI/c1-3-26-24(31)19-32-23-14-8-10-20(16-23)17-28-25(27-4-2)29-21-11-9-15-30(18-21)22-12-6-5-7-13-22;/h8,10,14,16,21-22H,3-7,9,11-13,15,17-19H2,1-2H3,(H,26,31)(H2,27,28,29);1H. The van der Waals surface area contributed by atoms with E-state index in [1.54, 1.807) is 0 Å². The van der Waals surface area contributed by atoms with Gasteiger partial charge in [0.05, 0.1) is 6.54 Å². The number of aliphatic imine (C=N–C) groups is 1. The van der Waals surface area contributed by atoms with E-state index >= 15 is 0 Å². The van der Waals surface area contributed by atoms with Crippen LogP contribution in [0.15, 0.2) is 29.3 Å². The maximum Gasteiger partial charge on any atom is 0.257 e. The lowest BCUT2D eigenvalue weighted by atomic mass is 9.92. The van der Waals surface area contributed by atoms with Crippen molar-refractivity contribution in [2.75, 3.05) is 32.8 Å². The summed E-state index contributed by atoms with van der Waals surface area (Å²) < 4.78 is 5.61. The van der Waals surface area contributed by atoms with Gasteiger partial charge in [0, 0.05) is 31.7 Å². The number of nitrogens with one attached hydrogen (secondary N) is 3. The lowest BCUT2D eigenvalue weighted by Gasteiger charge is -2.40. The lowest BCUT2D eigenvalue weighted by molar-refractivity contribution is -0.122. The lowest BCUT2D eigenvalue weighted by Crippen LogP contribution is -2.53. The van der Waals surface area contributed by atoms with Gasteiger partial charge >= 0.3 is 0 Å². The normalized spacial score (nSPS) is 19.9. The Balaban J connectivity index is 0.00000385. The number of amides is 1. The molecule has 1 amide bonds. The van der Waals surface area contributed by atoms with E-state index in [9.17, 15) is 4.79 Å². The van der Waals surface area contributed by atoms with E-state index < -0.39 is 0 Å². The molecule has 7 nitrogen and oxygen atoms in total. The molecule has 1 aliphatic heterocycles. The van der Waals surface area contributed by atoms with Crippen LogP contribution in [0, 0.1) is 0 Å². The van der Waals surface area contributed by atoms with Gasteiger partial charge in [-0.15, -0.1) is 24.0 Å². The van der Waals surface area contributed by atoms with Crippen LogP contribution in [0.1, 0.15) is 64.4 Å². The highest BCUT2D eigenvalue weighted by atomic mass is 127. The van der Waals surface area contributed by atoms with Gasteiger partial charge in [-0.2, -0.15) is 0 Å². The van der Waals surface area contributed by atoms with Crippen LogP contribution in [0.25, 0.3) is 0 Å². The Morgan fingerprint density at radius 2 is 1.88 bits per heavy atom. The van der Waals surface area contributed by atoms with Gasteiger partial charge in [-0.1, -0.05) is 31.4 Å². The number of carbonyl (C=O) groups is 1. The summed E-state index contributed by atoms with van der Waals surface area (Å²) in [5, 5.41) is 9.82. The molecule has 1 aromatic rings. The third-order valence-corrected chi connectivity index (χ3v) is 6.29. The predicted molar refractivity (Wildman–Crippen MR) is 145 cm³/mol. The molecule has 1 saturated carbocycles. The molecule has 1 saturated heterocycles. The van der Waals surface area contributed by atoms with E-state index in [1.807, 2.05) is 31.2 Å². The summed E-state index contributed by atoms with van der Waals surface area (Å²) in [4.78, 5) is 19.2. The van der Waals surface area contributed by atoms with Crippen LogP contribution in [-0.4, -0.2) is 61.6 Å². The van der Waals surface area contributed by atoms with Gasteiger partial charge in [-0.05, 0) is 63.8 Å². The van der Waals surface area contributed by atoms with Crippen molar-refractivity contribution in [1.82, 2.24) is 20.9 Å². The number of likely N-dealkylation sites (tertiary alicyclic amines) is 1. The van der Waals surface area contributed by atoms with Crippen LogP contribution in [0.4, 0.5) is 0 Å². The minimum atomic E-state index is -0.107. The molecule has 1 heterocycles. The zero-order chi connectivity index (χ0) is 22.6. The zero-order valence-corrected chi connectivity index (χ0v) is 22.6. The number of ether oxygens (including phenoxy) is 1. The number of piperidine rings is 1. The molecule has 0 bridgehead atoms. The van der Waals surface area contributed by atoms with Gasteiger partial charge in [-0.25, -0.2) is 4.99 Å². The second-order valence-electron chi connectivity index (χ2n) is 8.86. The Bertz CT molecular complexity index is 739. The van der Waals surface area contributed by atoms with E-state index in [4.69, 9.17) is 9.73 Å². The van der Waals surface area contributed by atoms with Gasteiger partial charge in [0.2, 0.25) is 0 Å². The first-order valence-electron chi connectivity index (χ1n) is 12.4. The first-order valence-corrected chi connectivity index (χ1v) is 12.4. The summed E-state index contributed by atoms with van der Waals surface area (Å²) in [6, 6.07) is 9.03. The summed E-state index contributed by atoms with van der Waals surface area (Å²) in [5.41, 5.74) is 1.06. The predicted octanol–water partition coefficient (Wildman–Crippen LogP) is 3.67. The Morgan fingerprint density at radius 3 is 2.64 bits per heavy atom. The third-order valence-electron chi connectivity index (χ3n) is 6.29. The van der Waals surface area contributed by atoms with Crippen LogP contribution in [-0.2, 0) is 11.3 Å². The summed E-state index contributed by atoms with van der Waals surface area (Å²) in [5.74, 6) is 1.46. The molecule has 0 spiro atoms. The highest BCUT2D eigenvalue weighted by Crippen LogP contribution is 2.25. The average Bonchev–Trinajstić information content (AvgIpc) is 2.83. The molecule has 8 heteroatoms. The molecule has 3 rings (SSSR count). The molecular formula is C25H42IN5O2. The average molecular weight is 572 g/mol. The zero-order valence-electron chi connectivity index (χ0n) is 20.3. The SMILES string of the molecule is CCNC(=O)COc1cccc(CN=C(NCC)NC2CCCN(C3CCCCC3)C2)c1.I.